The molecule has 3 fully saturated rings. The number of fused-ring (bicyclic) bond motifs is 7. The van der Waals surface area contributed by atoms with Gasteiger partial charge in [-0.25, -0.2) is 0 Å². The summed E-state index contributed by atoms with van der Waals surface area (Å²) in [6, 6.07) is 3.57. The number of benzene rings is 1. The third kappa shape index (κ3) is 3.00. The third-order valence-corrected chi connectivity index (χ3v) is 7.90. The number of carbonyl (C=O) groups excluding carboxylic acids is 3. The van der Waals surface area contributed by atoms with Crippen LogP contribution in [0.1, 0.15) is 70.4 Å². The van der Waals surface area contributed by atoms with Crippen LogP contribution in [0.15, 0.2) is 12.1 Å². The van der Waals surface area contributed by atoms with Crippen LogP contribution in [0.25, 0.3) is 0 Å². The van der Waals surface area contributed by atoms with Crippen LogP contribution < -0.4 is 9.47 Å². The molecule has 6 atom stereocenters. The van der Waals surface area contributed by atoms with Crippen molar-refractivity contribution >= 4 is 17.9 Å². The molecule has 0 aromatic heterocycles. The highest BCUT2D eigenvalue weighted by Crippen LogP contribution is 2.72. The lowest BCUT2D eigenvalue weighted by Gasteiger charge is -2.51. The van der Waals surface area contributed by atoms with Gasteiger partial charge in [0.05, 0.1) is 0 Å². The van der Waals surface area contributed by atoms with E-state index in [-0.39, 0.29) is 23.4 Å². The molecule has 1 saturated heterocycles. The fraction of sp³-hybridized carbons (Fsp3) is 0.625. The van der Waals surface area contributed by atoms with Crippen molar-refractivity contribution in [2.75, 3.05) is 0 Å². The summed E-state index contributed by atoms with van der Waals surface area (Å²) in [5.74, 6) is 0.0441. The van der Waals surface area contributed by atoms with E-state index in [0.29, 0.717) is 23.3 Å². The van der Waals surface area contributed by atoms with Crippen LogP contribution >= 0.6 is 0 Å². The Morgan fingerprint density at radius 3 is 2.45 bits per heavy atom. The van der Waals surface area contributed by atoms with Gasteiger partial charge in [-0.15, -0.1) is 0 Å². The van der Waals surface area contributed by atoms with Crippen molar-refractivity contribution in [1.82, 2.24) is 0 Å². The van der Waals surface area contributed by atoms with Crippen molar-refractivity contribution in [3.63, 3.8) is 0 Å². The van der Waals surface area contributed by atoms with Gasteiger partial charge in [0.2, 0.25) is 5.79 Å². The van der Waals surface area contributed by atoms with E-state index in [2.05, 4.69) is 6.92 Å². The van der Waals surface area contributed by atoms with E-state index in [1.54, 1.807) is 6.07 Å². The number of epoxide rings is 1. The van der Waals surface area contributed by atoms with E-state index in [0.717, 1.165) is 43.2 Å². The van der Waals surface area contributed by atoms with Gasteiger partial charge in [0, 0.05) is 37.8 Å². The number of carbonyl (C=O) groups is 3. The molecule has 1 aromatic rings. The van der Waals surface area contributed by atoms with E-state index in [4.69, 9.17) is 18.9 Å². The Morgan fingerprint density at radius 2 is 1.77 bits per heavy atom. The van der Waals surface area contributed by atoms with Crippen molar-refractivity contribution in [2.45, 2.75) is 77.6 Å². The highest BCUT2D eigenvalue weighted by molar-refractivity contribution is 5.72. The number of hydrogen-bond acceptors (Lipinski definition) is 7. The minimum atomic E-state index is -0.771. The molecule has 0 spiro atoms. The predicted molar refractivity (Wildman–Crippen MR) is 108 cm³/mol. The zero-order valence-electron chi connectivity index (χ0n) is 18.4. The van der Waals surface area contributed by atoms with Gasteiger partial charge < -0.3 is 18.9 Å². The maximum absolute atomic E-state index is 11.8. The molecule has 0 N–H and O–H groups in total. The largest absolute Gasteiger partial charge is 0.430 e. The summed E-state index contributed by atoms with van der Waals surface area (Å²) in [5, 5.41) is 0. The second-order valence-corrected chi connectivity index (χ2v) is 9.66. The molecule has 5 rings (SSSR count). The average Bonchev–Trinajstić information content (AvgIpc) is 3.29. The van der Waals surface area contributed by atoms with Crippen LogP contribution in [0.3, 0.4) is 0 Å². The van der Waals surface area contributed by atoms with Gasteiger partial charge in [-0.05, 0) is 61.5 Å². The van der Waals surface area contributed by atoms with Gasteiger partial charge in [0.15, 0.2) is 0 Å². The van der Waals surface area contributed by atoms with Crippen LogP contribution in [0.5, 0.6) is 11.5 Å². The molecule has 0 bridgehead atoms. The maximum atomic E-state index is 11.8. The summed E-state index contributed by atoms with van der Waals surface area (Å²) in [6.45, 7) is 6.39. The lowest BCUT2D eigenvalue weighted by Crippen LogP contribution is -2.48. The van der Waals surface area contributed by atoms with Crippen molar-refractivity contribution in [3.05, 3.63) is 23.3 Å². The monoisotopic (exact) mass is 428 g/mol. The molecule has 7 heteroatoms. The lowest BCUT2D eigenvalue weighted by atomic mass is 9.55. The zero-order chi connectivity index (χ0) is 22.1. The molecular weight excluding hydrogens is 400 g/mol. The molecule has 166 valence electrons. The zero-order valence-corrected chi connectivity index (χ0v) is 18.4. The third-order valence-electron chi connectivity index (χ3n) is 7.90. The number of rotatable bonds is 3. The summed E-state index contributed by atoms with van der Waals surface area (Å²) in [4.78, 5) is 35.1. The molecule has 7 nitrogen and oxygen atoms in total. The fourth-order valence-corrected chi connectivity index (χ4v) is 6.84. The second kappa shape index (κ2) is 6.79. The molecular formula is C24H28O7. The van der Waals surface area contributed by atoms with Gasteiger partial charge in [-0.2, -0.15) is 0 Å². The lowest BCUT2D eigenvalue weighted by molar-refractivity contribution is -0.185. The first kappa shape index (κ1) is 20.5. The van der Waals surface area contributed by atoms with E-state index < -0.39 is 17.7 Å². The average molecular weight is 428 g/mol. The minimum absolute atomic E-state index is 0.0224. The summed E-state index contributed by atoms with van der Waals surface area (Å²) in [5.41, 5.74) is 1.93. The van der Waals surface area contributed by atoms with Crippen molar-refractivity contribution in [3.8, 4) is 11.5 Å². The standard InChI is InChI=1S/C24H28O7/c1-12(25)28-16-9-15-5-6-17-18(22(15)20(10-16)29-13(2)26)7-8-23(4)19(17)11-21-24(23,31-21)30-14(3)27/h9-10,17-19,21H,5-8,11H2,1-4H3/t17-,18-,19-,21+,23-,24+/m0/s1. The molecule has 1 heterocycles. The summed E-state index contributed by atoms with van der Waals surface area (Å²) >= 11 is 0. The van der Waals surface area contributed by atoms with Gasteiger partial charge in [0.25, 0.3) is 0 Å². The second-order valence-electron chi connectivity index (χ2n) is 9.66. The van der Waals surface area contributed by atoms with E-state index in [1.165, 1.54) is 20.8 Å². The van der Waals surface area contributed by atoms with Crippen LogP contribution in [-0.4, -0.2) is 29.8 Å². The molecule has 2 saturated carbocycles. The normalized spacial score (nSPS) is 36.9. The molecule has 3 aliphatic carbocycles. The summed E-state index contributed by atoms with van der Waals surface area (Å²) in [6.07, 6.45) is 4.43. The number of aryl methyl sites for hydroxylation is 1. The Kier molecular flexibility index (Phi) is 4.49. The van der Waals surface area contributed by atoms with E-state index in [9.17, 15) is 14.4 Å². The van der Waals surface area contributed by atoms with Crippen LogP contribution in [0.2, 0.25) is 0 Å². The topological polar surface area (TPSA) is 91.4 Å². The number of ether oxygens (including phenoxy) is 4. The molecule has 31 heavy (non-hydrogen) atoms. The Bertz CT molecular complexity index is 984. The molecule has 1 aromatic carbocycles. The molecule has 0 amide bonds. The SMILES string of the molecule is CC(=O)Oc1cc2c(c(OC(C)=O)c1)[C@H]1CC[C@@]3(C)[C@@H](C[C@H]4O[C@]43OC(C)=O)[C@H]1CC2. The molecule has 1 aliphatic heterocycles. The van der Waals surface area contributed by atoms with Gasteiger partial charge in [0.1, 0.15) is 17.6 Å². The number of esters is 3. The van der Waals surface area contributed by atoms with E-state index >= 15 is 0 Å². The Hall–Kier alpha value is -2.41. The number of hydrogen-bond donors (Lipinski definition) is 0. The van der Waals surface area contributed by atoms with Crippen molar-refractivity contribution < 1.29 is 33.3 Å². The highest BCUT2D eigenvalue weighted by Gasteiger charge is 2.79. The highest BCUT2D eigenvalue weighted by atomic mass is 16.8. The van der Waals surface area contributed by atoms with Crippen molar-refractivity contribution in [1.29, 1.82) is 0 Å². The Balaban J connectivity index is 1.51. The van der Waals surface area contributed by atoms with E-state index in [1.807, 2.05) is 6.07 Å². The molecule has 0 unspecified atom stereocenters. The fourth-order valence-electron chi connectivity index (χ4n) is 6.84. The Labute approximate surface area is 181 Å². The Morgan fingerprint density at radius 1 is 1.03 bits per heavy atom. The minimum Gasteiger partial charge on any atom is -0.430 e. The van der Waals surface area contributed by atoms with Gasteiger partial charge in [-0.1, -0.05) is 6.92 Å². The molecule has 4 aliphatic rings. The first-order valence-electron chi connectivity index (χ1n) is 11.1. The first-order valence-corrected chi connectivity index (χ1v) is 11.1. The summed E-state index contributed by atoms with van der Waals surface area (Å²) in [7, 11) is 0. The quantitative estimate of drug-likeness (QED) is 0.412. The van der Waals surface area contributed by atoms with Crippen LogP contribution in [0.4, 0.5) is 0 Å². The predicted octanol–water partition coefficient (Wildman–Crippen LogP) is 3.66. The summed E-state index contributed by atoms with van der Waals surface area (Å²) < 4.78 is 22.6. The first-order chi connectivity index (χ1) is 14.6. The van der Waals surface area contributed by atoms with Crippen molar-refractivity contribution in [2.24, 2.45) is 17.3 Å². The van der Waals surface area contributed by atoms with Gasteiger partial charge in [-0.3, -0.25) is 14.4 Å². The van der Waals surface area contributed by atoms with Crippen LogP contribution in [0, 0.1) is 17.3 Å². The van der Waals surface area contributed by atoms with Crippen LogP contribution in [-0.2, 0) is 30.3 Å². The maximum Gasteiger partial charge on any atom is 0.308 e. The smallest absolute Gasteiger partial charge is 0.308 e. The van der Waals surface area contributed by atoms with Gasteiger partial charge >= 0.3 is 17.9 Å². The molecule has 0 radical (unpaired) electrons.